The Morgan fingerprint density at radius 3 is 2.58 bits per heavy atom. The van der Waals surface area contributed by atoms with Crippen molar-refractivity contribution in [2.45, 2.75) is 11.5 Å². The molecule has 33 heavy (non-hydrogen) atoms. The number of nitrogens with zero attached hydrogens (tertiary/aromatic N) is 1. The van der Waals surface area contributed by atoms with Crippen LogP contribution in [0.2, 0.25) is 5.02 Å². The maximum Gasteiger partial charge on any atom is 0.250 e. The molecule has 0 aromatic heterocycles. The summed E-state index contributed by atoms with van der Waals surface area (Å²) in [6.45, 7) is 0.496. The quantitative estimate of drug-likeness (QED) is 0.106. The monoisotopic (exact) mass is 586 g/mol. The molecule has 0 saturated heterocycles. The lowest BCUT2D eigenvalue weighted by Gasteiger charge is -2.10. The van der Waals surface area contributed by atoms with E-state index in [9.17, 15) is 4.79 Å². The van der Waals surface area contributed by atoms with Crippen LogP contribution in [-0.4, -0.2) is 17.9 Å². The first-order valence-electron chi connectivity index (χ1n) is 10.2. The molecule has 166 valence electrons. The Hall–Kier alpha value is -2.55. The zero-order chi connectivity index (χ0) is 23.0. The third-order valence-electron chi connectivity index (χ3n) is 4.75. The number of benzene rings is 4. The van der Waals surface area contributed by atoms with Gasteiger partial charge in [0.25, 0.3) is 0 Å². The van der Waals surface area contributed by atoms with E-state index in [4.69, 9.17) is 16.3 Å². The summed E-state index contributed by atoms with van der Waals surface area (Å²) in [5.74, 6) is 0.915. The Morgan fingerprint density at radius 1 is 1.00 bits per heavy atom. The van der Waals surface area contributed by atoms with Crippen LogP contribution in [0.5, 0.6) is 5.75 Å². The van der Waals surface area contributed by atoms with Crippen LogP contribution in [0.3, 0.4) is 0 Å². The van der Waals surface area contributed by atoms with Crippen LogP contribution in [0.15, 0.2) is 94.9 Å². The van der Waals surface area contributed by atoms with Crippen LogP contribution >= 0.6 is 46.0 Å². The molecule has 7 heteroatoms. The van der Waals surface area contributed by atoms with Gasteiger partial charge >= 0.3 is 0 Å². The first kappa shape index (κ1) is 23.6. The van der Waals surface area contributed by atoms with Gasteiger partial charge in [-0.1, -0.05) is 48.0 Å². The number of amides is 1. The van der Waals surface area contributed by atoms with E-state index >= 15 is 0 Å². The van der Waals surface area contributed by atoms with Crippen molar-refractivity contribution in [1.29, 1.82) is 0 Å². The van der Waals surface area contributed by atoms with Crippen LogP contribution in [0.25, 0.3) is 10.8 Å². The van der Waals surface area contributed by atoms with E-state index in [1.54, 1.807) is 18.3 Å². The highest BCUT2D eigenvalue weighted by Crippen LogP contribution is 2.24. The summed E-state index contributed by atoms with van der Waals surface area (Å²) in [5.41, 5.74) is 4.56. The normalized spacial score (nSPS) is 11.1. The van der Waals surface area contributed by atoms with Gasteiger partial charge in [-0.15, -0.1) is 11.8 Å². The van der Waals surface area contributed by atoms with E-state index in [-0.39, 0.29) is 11.7 Å². The second-order valence-corrected chi connectivity index (χ2v) is 9.84. The maximum absolute atomic E-state index is 12.0. The molecule has 0 fully saturated rings. The lowest BCUT2D eigenvalue weighted by atomic mass is 10.1. The van der Waals surface area contributed by atoms with Gasteiger partial charge in [0.1, 0.15) is 12.4 Å². The van der Waals surface area contributed by atoms with Gasteiger partial charge in [0.05, 0.1) is 15.5 Å². The van der Waals surface area contributed by atoms with Crippen molar-refractivity contribution >= 4 is 68.8 Å². The number of rotatable bonds is 8. The molecule has 0 heterocycles. The number of hydrazone groups is 1. The average Bonchev–Trinajstić information content (AvgIpc) is 2.83. The van der Waals surface area contributed by atoms with E-state index in [2.05, 4.69) is 63.4 Å². The second-order valence-electron chi connectivity index (χ2n) is 7.20. The first-order chi connectivity index (χ1) is 16.1. The molecule has 1 N–H and O–H groups in total. The van der Waals surface area contributed by atoms with Gasteiger partial charge in [-0.3, -0.25) is 4.79 Å². The van der Waals surface area contributed by atoms with E-state index in [1.165, 1.54) is 22.5 Å². The molecule has 0 atom stereocenters. The Bertz CT molecular complexity index is 1300. The fourth-order valence-electron chi connectivity index (χ4n) is 3.09. The maximum atomic E-state index is 12.0. The van der Waals surface area contributed by atoms with Gasteiger partial charge in [-0.05, 0) is 93.0 Å². The number of thioether (sulfide) groups is 1. The topological polar surface area (TPSA) is 50.7 Å². The van der Waals surface area contributed by atoms with Gasteiger partial charge in [-0.25, -0.2) is 5.43 Å². The predicted octanol–water partition coefficient (Wildman–Crippen LogP) is 6.92. The molecule has 0 saturated carbocycles. The van der Waals surface area contributed by atoms with Gasteiger partial charge in [-0.2, -0.15) is 5.10 Å². The van der Waals surface area contributed by atoms with Crippen LogP contribution in [-0.2, 0) is 11.4 Å². The lowest BCUT2D eigenvalue weighted by Crippen LogP contribution is -2.19. The van der Waals surface area contributed by atoms with Crippen molar-refractivity contribution in [2.24, 2.45) is 5.10 Å². The van der Waals surface area contributed by atoms with Crippen LogP contribution in [0.4, 0.5) is 0 Å². The van der Waals surface area contributed by atoms with Crippen molar-refractivity contribution in [3.05, 3.63) is 105 Å². The van der Waals surface area contributed by atoms with Gasteiger partial charge in [0.2, 0.25) is 5.91 Å². The zero-order valence-electron chi connectivity index (χ0n) is 17.5. The minimum atomic E-state index is -0.170. The summed E-state index contributed by atoms with van der Waals surface area (Å²) < 4.78 is 6.99. The number of carbonyl (C=O) groups is 1. The highest BCUT2D eigenvalue weighted by atomic mass is 127. The van der Waals surface area contributed by atoms with E-state index in [0.717, 1.165) is 25.3 Å². The predicted molar refractivity (Wildman–Crippen MR) is 145 cm³/mol. The van der Waals surface area contributed by atoms with E-state index in [0.29, 0.717) is 11.6 Å². The number of carbonyl (C=O) groups excluding carboxylic acids is 1. The summed E-state index contributed by atoms with van der Waals surface area (Å²) in [7, 11) is 0. The largest absolute Gasteiger partial charge is 0.488 e. The highest BCUT2D eigenvalue weighted by molar-refractivity contribution is 14.1. The van der Waals surface area contributed by atoms with Crippen LogP contribution in [0, 0.1) is 3.57 Å². The molecule has 0 spiro atoms. The second kappa shape index (κ2) is 11.5. The summed E-state index contributed by atoms with van der Waals surface area (Å²) in [5, 5.41) is 7.15. The fourth-order valence-corrected chi connectivity index (χ4v) is 4.61. The summed E-state index contributed by atoms with van der Waals surface area (Å²) >= 11 is 9.54. The smallest absolute Gasteiger partial charge is 0.250 e. The summed E-state index contributed by atoms with van der Waals surface area (Å²) in [6, 6.07) is 27.8. The van der Waals surface area contributed by atoms with Crippen molar-refractivity contribution in [3.63, 3.8) is 0 Å². The molecule has 0 aliphatic rings. The van der Waals surface area contributed by atoms with Crippen molar-refractivity contribution in [2.75, 3.05) is 5.75 Å². The third kappa shape index (κ3) is 6.96. The molecular weight excluding hydrogens is 567 g/mol. The minimum Gasteiger partial charge on any atom is -0.488 e. The first-order valence-corrected chi connectivity index (χ1v) is 12.6. The molecule has 0 unspecified atom stereocenters. The third-order valence-corrected chi connectivity index (χ3v) is 6.86. The molecule has 0 bridgehead atoms. The molecular formula is C26H20ClIN2O2S. The molecule has 4 rings (SSSR count). The number of hydrogen-bond acceptors (Lipinski definition) is 4. The van der Waals surface area contributed by atoms with Crippen LogP contribution < -0.4 is 10.2 Å². The van der Waals surface area contributed by atoms with Crippen LogP contribution in [0.1, 0.15) is 11.1 Å². The molecule has 4 nitrogen and oxygen atoms in total. The Morgan fingerprint density at radius 2 is 1.79 bits per heavy atom. The highest BCUT2D eigenvalue weighted by Gasteiger charge is 2.05. The number of nitrogens with one attached hydrogen (secondary N) is 1. The molecule has 4 aromatic rings. The lowest BCUT2D eigenvalue weighted by molar-refractivity contribution is -0.118. The number of halogens is 2. The number of ether oxygens (including phenoxy) is 1. The fraction of sp³-hybridized carbons (Fsp3) is 0.0769. The van der Waals surface area contributed by atoms with E-state index in [1.807, 2.05) is 42.5 Å². The van der Waals surface area contributed by atoms with E-state index < -0.39 is 0 Å². The van der Waals surface area contributed by atoms with Gasteiger partial charge < -0.3 is 4.74 Å². The Labute approximate surface area is 215 Å². The summed E-state index contributed by atoms with van der Waals surface area (Å²) in [6.07, 6.45) is 1.63. The zero-order valence-corrected chi connectivity index (χ0v) is 21.2. The van der Waals surface area contributed by atoms with Gasteiger partial charge in [0.15, 0.2) is 0 Å². The summed E-state index contributed by atoms with van der Waals surface area (Å²) in [4.78, 5) is 13.0. The van der Waals surface area contributed by atoms with Crippen molar-refractivity contribution < 1.29 is 9.53 Å². The minimum absolute atomic E-state index is 0.170. The SMILES string of the molecule is O=C(CSc1ccc(Cl)cc1)N/N=C\c1ccc(OCc2ccc3ccccc3c2)c(I)c1. The van der Waals surface area contributed by atoms with Crippen molar-refractivity contribution in [3.8, 4) is 5.75 Å². The van der Waals surface area contributed by atoms with Crippen molar-refractivity contribution in [1.82, 2.24) is 5.43 Å². The molecule has 4 aromatic carbocycles. The number of fused-ring (bicyclic) bond motifs is 1. The number of hydrogen-bond donors (Lipinski definition) is 1. The Kier molecular flexibility index (Phi) is 8.25. The molecule has 0 aliphatic heterocycles. The van der Waals surface area contributed by atoms with Gasteiger partial charge in [0, 0.05) is 9.92 Å². The molecule has 0 radical (unpaired) electrons. The standard InChI is InChI=1S/C26H20ClIN2O2S/c27-22-8-10-23(11-9-22)33-17-26(31)30-29-15-18-6-12-25(24(28)14-18)32-16-19-5-7-20-3-1-2-4-21(20)13-19/h1-15H,16-17H2,(H,30,31)/b29-15-. The molecule has 0 aliphatic carbocycles. The average molecular weight is 587 g/mol. The molecule has 1 amide bonds. The Balaban J connectivity index is 1.27.